The highest BCUT2D eigenvalue weighted by molar-refractivity contribution is 7.15. The van der Waals surface area contributed by atoms with Gasteiger partial charge in [0.25, 0.3) is 5.91 Å². The summed E-state index contributed by atoms with van der Waals surface area (Å²) in [5.41, 5.74) is 0.765. The molecule has 0 aliphatic carbocycles. The first-order valence-corrected chi connectivity index (χ1v) is 9.03. The van der Waals surface area contributed by atoms with E-state index in [1.54, 1.807) is 6.20 Å². The largest absolute Gasteiger partial charge is 0.302 e. The molecule has 0 aliphatic heterocycles. The Morgan fingerprint density at radius 1 is 1.15 bits per heavy atom. The molecule has 2 aromatic heterocycles. The van der Waals surface area contributed by atoms with Crippen molar-refractivity contribution in [1.29, 1.82) is 0 Å². The third kappa shape index (κ3) is 4.46. The maximum absolute atomic E-state index is 13.3. The number of hydrogen-bond donors (Lipinski definition) is 2. The molecule has 26 heavy (non-hydrogen) atoms. The first-order valence-electron chi connectivity index (χ1n) is 7.34. The number of nitrogens with one attached hydrogen (secondary N) is 2. The maximum Gasteiger partial charge on any atom is 0.276 e. The normalized spacial score (nSPS) is 10.6. The Kier molecular flexibility index (Phi) is 5.33. The lowest BCUT2D eigenvalue weighted by atomic mass is 10.1. The minimum absolute atomic E-state index is 0.163. The molecule has 0 unspecified atom stereocenters. The number of carbonyl (C=O) groups excluding carboxylic acids is 2. The number of carbonyl (C=O) groups is 2. The molecule has 0 radical (unpaired) electrons. The van der Waals surface area contributed by atoms with Crippen LogP contribution in [-0.2, 0) is 11.2 Å². The minimum Gasteiger partial charge on any atom is -0.302 e. The highest BCUT2D eigenvalue weighted by Gasteiger charge is 2.14. The van der Waals surface area contributed by atoms with Gasteiger partial charge in [-0.25, -0.2) is 18.7 Å². The standard InChI is InChI=1S/C16H12F2N4O2S2/c1-8(23)20-16-21-13(7-25-16)14(24)22-15-19-6-10(26-15)4-9-2-3-11(17)12(18)5-9/h2-3,5-7H,4H2,1H3,(H,19,22,24)(H,20,21,23). The zero-order chi connectivity index (χ0) is 18.7. The Labute approximate surface area is 154 Å². The van der Waals surface area contributed by atoms with Crippen LogP contribution in [0.4, 0.5) is 19.0 Å². The maximum atomic E-state index is 13.3. The molecule has 134 valence electrons. The van der Waals surface area contributed by atoms with Crippen LogP contribution < -0.4 is 10.6 Å². The van der Waals surface area contributed by atoms with Crippen LogP contribution in [0.15, 0.2) is 29.8 Å². The quantitative estimate of drug-likeness (QED) is 0.691. The van der Waals surface area contributed by atoms with Crippen molar-refractivity contribution in [2.45, 2.75) is 13.3 Å². The molecule has 10 heteroatoms. The highest BCUT2D eigenvalue weighted by atomic mass is 32.1. The molecular weight excluding hydrogens is 382 g/mol. The lowest BCUT2D eigenvalue weighted by Gasteiger charge is -2.00. The number of rotatable bonds is 5. The van der Waals surface area contributed by atoms with Crippen LogP contribution >= 0.6 is 22.7 Å². The molecule has 2 amide bonds. The molecule has 3 rings (SSSR count). The summed E-state index contributed by atoms with van der Waals surface area (Å²) in [6.07, 6.45) is 1.93. The van der Waals surface area contributed by atoms with Crippen LogP contribution in [0.1, 0.15) is 27.9 Å². The Morgan fingerprint density at radius 2 is 1.96 bits per heavy atom. The molecule has 0 spiro atoms. The zero-order valence-corrected chi connectivity index (χ0v) is 15.0. The lowest BCUT2D eigenvalue weighted by Crippen LogP contribution is -2.12. The SMILES string of the molecule is CC(=O)Nc1nc(C(=O)Nc2ncc(Cc3ccc(F)c(F)c3)s2)cs1. The van der Waals surface area contributed by atoms with Crippen molar-refractivity contribution in [2.24, 2.45) is 0 Å². The van der Waals surface area contributed by atoms with Crippen molar-refractivity contribution in [3.05, 3.63) is 57.5 Å². The number of thiazole rings is 2. The smallest absolute Gasteiger partial charge is 0.276 e. The van der Waals surface area contributed by atoms with Gasteiger partial charge in [0.15, 0.2) is 21.9 Å². The summed E-state index contributed by atoms with van der Waals surface area (Å²) >= 11 is 2.36. The minimum atomic E-state index is -0.904. The van der Waals surface area contributed by atoms with Gasteiger partial charge in [-0.05, 0) is 17.7 Å². The van der Waals surface area contributed by atoms with E-state index in [0.717, 1.165) is 28.3 Å². The van der Waals surface area contributed by atoms with Gasteiger partial charge in [-0.1, -0.05) is 6.07 Å². The molecule has 0 saturated heterocycles. The van der Waals surface area contributed by atoms with Gasteiger partial charge in [-0.2, -0.15) is 0 Å². The Bertz CT molecular complexity index is 971. The van der Waals surface area contributed by atoms with Crippen LogP contribution in [0.3, 0.4) is 0 Å². The summed E-state index contributed by atoms with van der Waals surface area (Å²) in [5, 5.41) is 7.34. The number of halogens is 2. The van der Waals surface area contributed by atoms with Gasteiger partial charge < -0.3 is 5.32 Å². The summed E-state index contributed by atoms with van der Waals surface area (Å²) in [5.74, 6) is -2.52. The molecule has 2 N–H and O–H groups in total. The summed E-state index contributed by atoms with van der Waals surface area (Å²) < 4.78 is 26.2. The van der Waals surface area contributed by atoms with E-state index in [9.17, 15) is 18.4 Å². The van der Waals surface area contributed by atoms with E-state index in [2.05, 4.69) is 20.6 Å². The predicted molar refractivity (Wildman–Crippen MR) is 95.6 cm³/mol. The number of amides is 2. The van der Waals surface area contributed by atoms with Gasteiger partial charge in [-0.3, -0.25) is 14.9 Å². The molecule has 0 fully saturated rings. The molecule has 0 bridgehead atoms. The molecule has 6 nitrogen and oxygen atoms in total. The Balaban J connectivity index is 1.64. The highest BCUT2D eigenvalue weighted by Crippen LogP contribution is 2.23. The number of aromatic nitrogens is 2. The molecular formula is C16H12F2N4O2S2. The van der Waals surface area contributed by atoms with Crippen LogP contribution in [0.25, 0.3) is 0 Å². The second-order valence-electron chi connectivity index (χ2n) is 5.23. The number of anilines is 2. The monoisotopic (exact) mass is 394 g/mol. The molecule has 2 heterocycles. The van der Waals surface area contributed by atoms with Crippen molar-refractivity contribution in [3.8, 4) is 0 Å². The van der Waals surface area contributed by atoms with Crippen LogP contribution in [0.2, 0.25) is 0 Å². The van der Waals surface area contributed by atoms with Crippen molar-refractivity contribution >= 4 is 44.8 Å². The fourth-order valence-electron chi connectivity index (χ4n) is 2.04. The van der Waals surface area contributed by atoms with Gasteiger partial charge in [0.2, 0.25) is 5.91 Å². The van der Waals surface area contributed by atoms with Gasteiger partial charge in [-0.15, -0.1) is 22.7 Å². The van der Waals surface area contributed by atoms with Crippen LogP contribution in [-0.4, -0.2) is 21.8 Å². The molecule has 0 saturated carbocycles. The fraction of sp³-hybridized carbons (Fsp3) is 0.125. The summed E-state index contributed by atoms with van der Waals surface area (Å²) in [7, 11) is 0. The Hall–Kier alpha value is -2.72. The number of hydrogen-bond acceptors (Lipinski definition) is 6. The third-order valence-electron chi connectivity index (χ3n) is 3.16. The molecule has 3 aromatic rings. The predicted octanol–water partition coefficient (Wildman–Crippen LogP) is 3.68. The lowest BCUT2D eigenvalue weighted by molar-refractivity contribution is -0.114. The summed E-state index contributed by atoms with van der Waals surface area (Å²) in [4.78, 5) is 32.0. The van der Waals surface area contributed by atoms with E-state index >= 15 is 0 Å². The molecule has 1 aromatic carbocycles. The Morgan fingerprint density at radius 3 is 2.69 bits per heavy atom. The van der Waals surface area contributed by atoms with E-state index in [1.165, 1.54) is 29.7 Å². The van der Waals surface area contributed by atoms with Crippen LogP contribution in [0.5, 0.6) is 0 Å². The number of nitrogens with zero attached hydrogens (tertiary/aromatic N) is 2. The first-order chi connectivity index (χ1) is 12.4. The van der Waals surface area contributed by atoms with E-state index < -0.39 is 17.5 Å². The van der Waals surface area contributed by atoms with Crippen molar-refractivity contribution < 1.29 is 18.4 Å². The average Bonchev–Trinajstić information content (AvgIpc) is 3.20. The van der Waals surface area contributed by atoms with E-state index in [-0.39, 0.29) is 11.6 Å². The second-order valence-corrected chi connectivity index (χ2v) is 7.20. The number of benzene rings is 1. The van der Waals surface area contributed by atoms with E-state index in [1.807, 2.05) is 0 Å². The topological polar surface area (TPSA) is 84.0 Å². The third-order valence-corrected chi connectivity index (χ3v) is 4.83. The van der Waals surface area contributed by atoms with Crippen molar-refractivity contribution in [2.75, 3.05) is 10.6 Å². The first kappa shape index (κ1) is 18.1. The summed E-state index contributed by atoms with van der Waals surface area (Å²) in [6, 6.07) is 3.70. The van der Waals surface area contributed by atoms with Gasteiger partial charge in [0, 0.05) is 29.8 Å². The fourth-order valence-corrected chi connectivity index (χ4v) is 3.62. The zero-order valence-electron chi connectivity index (χ0n) is 13.4. The van der Waals surface area contributed by atoms with Crippen LogP contribution in [0, 0.1) is 11.6 Å². The molecule has 0 atom stereocenters. The van der Waals surface area contributed by atoms with Gasteiger partial charge in [0.1, 0.15) is 5.69 Å². The second kappa shape index (κ2) is 7.67. The van der Waals surface area contributed by atoms with Crippen molar-refractivity contribution in [3.63, 3.8) is 0 Å². The van der Waals surface area contributed by atoms with E-state index in [4.69, 9.17) is 0 Å². The van der Waals surface area contributed by atoms with E-state index in [0.29, 0.717) is 22.2 Å². The van der Waals surface area contributed by atoms with Gasteiger partial charge in [0.05, 0.1) is 0 Å². The summed E-state index contributed by atoms with van der Waals surface area (Å²) in [6.45, 7) is 1.35. The van der Waals surface area contributed by atoms with Crippen molar-refractivity contribution in [1.82, 2.24) is 9.97 Å². The average molecular weight is 394 g/mol. The molecule has 0 aliphatic rings. The van der Waals surface area contributed by atoms with Gasteiger partial charge >= 0.3 is 0 Å².